The van der Waals surface area contributed by atoms with E-state index in [1.54, 1.807) is 14.2 Å². The summed E-state index contributed by atoms with van der Waals surface area (Å²) < 4.78 is 13.2. The van der Waals surface area contributed by atoms with Crippen molar-refractivity contribution in [3.63, 3.8) is 0 Å². The number of fused-ring (bicyclic) bond motifs is 1. The van der Waals surface area contributed by atoms with E-state index in [0.717, 1.165) is 28.8 Å². The lowest BCUT2D eigenvalue weighted by Gasteiger charge is -2.20. The van der Waals surface area contributed by atoms with E-state index in [1.165, 1.54) is 5.56 Å². The van der Waals surface area contributed by atoms with Gasteiger partial charge in [-0.05, 0) is 24.1 Å². The highest BCUT2D eigenvalue weighted by molar-refractivity contribution is 5.88. The van der Waals surface area contributed by atoms with Gasteiger partial charge in [-0.1, -0.05) is 37.3 Å². The lowest BCUT2D eigenvalue weighted by Crippen LogP contribution is -2.09. The summed E-state index contributed by atoms with van der Waals surface area (Å²) in [5, 5.41) is 1.13. The number of ether oxygens (including phenoxy) is 2. The Balaban J connectivity index is 2.18. The van der Waals surface area contributed by atoms with Gasteiger partial charge in [0.25, 0.3) is 0 Å². The summed E-state index contributed by atoms with van der Waals surface area (Å²) in [6.45, 7) is 2.21. The Hall–Kier alpha value is -2.42. The molecule has 0 aliphatic rings. The largest absolute Gasteiger partial charge is 0.497 e. The van der Waals surface area contributed by atoms with E-state index in [9.17, 15) is 0 Å². The SMILES string of the molecule is CCC(c1ccccc1)n1ccc2cc(OC)cc(OC)c21. The normalized spacial score (nSPS) is 12.3. The van der Waals surface area contributed by atoms with Gasteiger partial charge in [0.15, 0.2) is 0 Å². The average Bonchev–Trinajstić information content (AvgIpc) is 2.99. The van der Waals surface area contributed by atoms with Crippen molar-refractivity contribution in [2.75, 3.05) is 14.2 Å². The monoisotopic (exact) mass is 295 g/mol. The number of benzene rings is 2. The number of rotatable bonds is 5. The average molecular weight is 295 g/mol. The van der Waals surface area contributed by atoms with Crippen LogP contribution in [0.15, 0.2) is 54.7 Å². The smallest absolute Gasteiger partial charge is 0.146 e. The predicted octanol–water partition coefficient (Wildman–Crippen LogP) is 4.66. The van der Waals surface area contributed by atoms with E-state index in [1.807, 2.05) is 12.1 Å². The number of aromatic nitrogens is 1. The zero-order chi connectivity index (χ0) is 15.5. The molecule has 0 bridgehead atoms. The van der Waals surface area contributed by atoms with Gasteiger partial charge in [-0.25, -0.2) is 0 Å². The van der Waals surface area contributed by atoms with Crippen LogP contribution in [-0.4, -0.2) is 18.8 Å². The maximum Gasteiger partial charge on any atom is 0.146 e. The second-order valence-electron chi connectivity index (χ2n) is 5.33. The Morgan fingerprint density at radius 1 is 1.00 bits per heavy atom. The molecule has 0 saturated heterocycles. The van der Waals surface area contributed by atoms with Crippen LogP contribution >= 0.6 is 0 Å². The topological polar surface area (TPSA) is 23.4 Å². The molecule has 0 radical (unpaired) electrons. The minimum atomic E-state index is 0.293. The van der Waals surface area contributed by atoms with Crippen molar-refractivity contribution < 1.29 is 9.47 Å². The standard InChI is InChI=1S/C19H21NO2/c1-4-17(14-8-6-5-7-9-14)20-11-10-15-12-16(21-2)13-18(22-3)19(15)20/h5-13,17H,4H2,1-3H3. The summed E-state index contributed by atoms with van der Waals surface area (Å²) in [5.74, 6) is 1.66. The molecule has 1 aromatic heterocycles. The molecule has 0 amide bonds. The van der Waals surface area contributed by atoms with Crippen molar-refractivity contribution >= 4 is 10.9 Å². The first-order chi connectivity index (χ1) is 10.8. The van der Waals surface area contributed by atoms with E-state index in [2.05, 4.69) is 54.1 Å². The molecule has 0 saturated carbocycles. The number of nitrogens with zero attached hydrogens (tertiary/aromatic N) is 1. The molecule has 0 aliphatic heterocycles. The lowest BCUT2D eigenvalue weighted by molar-refractivity contribution is 0.396. The first-order valence-electron chi connectivity index (χ1n) is 7.56. The van der Waals surface area contributed by atoms with E-state index < -0.39 is 0 Å². The fraction of sp³-hybridized carbons (Fsp3) is 0.263. The maximum atomic E-state index is 5.60. The van der Waals surface area contributed by atoms with Gasteiger partial charge in [-0.2, -0.15) is 0 Å². The fourth-order valence-electron chi connectivity index (χ4n) is 3.04. The van der Waals surface area contributed by atoms with Crippen LogP contribution in [0.1, 0.15) is 24.9 Å². The first kappa shape index (κ1) is 14.5. The van der Waals surface area contributed by atoms with Gasteiger partial charge in [0.05, 0.1) is 25.8 Å². The van der Waals surface area contributed by atoms with Gasteiger partial charge in [-0.15, -0.1) is 0 Å². The van der Waals surface area contributed by atoms with E-state index in [-0.39, 0.29) is 0 Å². The van der Waals surface area contributed by atoms with Crippen molar-refractivity contribution in [1.82, 2.24) is 4.57 Å². The summed E-state index contributed by atoms with van der Waals surface area (Å²) in [4.78, 5) is 0. The van der Waals surface area contributed by atoms with E-state index in [0.29, 0.717) is 6.04 Å². The minimum Gasteiger partial charge on any atom is -0.497 e. The molecule has 0 aliphatic carbocycles. The second-order valence-corrected chi connectivity index (χ2v) is 5.33. The summed E-state index contributed by atoms with van der Waals surface area (Å²) >= 11 is 0. The quantitative estimate of drug-likeness (QED) is 0.683. The molecule has 22 heavy (non-hydrogen) atoms. The fourth-order valence-corrected chi connectivity index (χ4v) is 3.04. The van der Waals surface area contributed by atoms with Crippen molar-refractivity contribution in [1.29, 1.82) is 0 Å². The Morgan fingerprint density at radius 3 is 2.41 bits per heavy atom. The van der Waals surface area contributed by atoms with Crippen LogP contribution in [0.5, 0.6) is 11.5 Å². The predicted molar refractivity (Wildman–Crippen MR) is 89.9 cm³/mol. The van der Waals surface area contributed by atoms with Gasteiger partial charge in [0.2, 0.25) is 0 Å². The molecule has 1 atom stereocenters. The van der Waals surface area contributed by atoms with Gasteiger partial charge in [0.1, 0.15) is 11.5 Å². The van der Waals surface area contributed by atoms with Crippen LogP contribution in [0.25, 0.3) is 10.9 Å². The van der Waals surface area contributed by atoms with Crippen molar-refractivity contribution in [3.8, 4) is 11.5 Å². The molecule has 0 spiro atoms. The maximum absolute atomic E-state index is 5.60. The first-order valence-corrected chi connectivity index (χ1v) is 7.56. The van der Waals surface area contributed by atoms with Gasteiger partial charge < -0.3 is 14.0 Å². The van der Waals surface area contributed by atoms with Gasteiger partial charge in [-0.3, -0.25) is 0 Å². The van der Waals surface area contributed by atoms with Gasteiger partial charge in [0, 0.05) is 17.6 Å². The highest BCUT2D eigenvalue weighted by Crippen LogP contribution is 2.36. The molecule has 1 unspecified atom stereocenters. The summed E-state index contributed by atoms with van der Waals surface area (Å²) in [7, 11) is 3.38. The molecular weight excluding hydrogens is 274 g/mol. The molecule has 1 heterocycles. The number of hydrogen-bond acceptors (Lipinski definition) is 2. The Bertz CT molecular complexity index is 762. The highest BCUT2D eigenvalue weighted by Gasteiger charge is 2.17. The number of methoxy groups -OCH3 is 2. The van der Waals surface area contributed by atoms with Crippen LogP contribution in [0.3, 0.4) is 0 Å². The van der Waals surface area contributed by atoms with Gasteiger partial charge >= 0.3 is 0 Å². The molecule has 0 fully saturated rings. The van der Waals surface area contributed by atoms with E-state index >= 15 is 0 Å². The zero-order valence-corrected chi connectivity index (χ0v) is 13.2. The lowest BCUT2D eigenvalue weighted by atomic mass is 10.0. The second kappa shape index (κ2) is 6.14. The molecule has 2 aromatic carbocycles. The molecule has 3 nitrogen and oxygen atoms in total. The summed E-state index contributed by atoms with van der Waals surface area (Å²) in [6.07, 6.45) is 3.15. The van der Waals surface area contributed by atoms with Crippen LogP contribution in [0, 0.1) is 0 Å². The molecule has 3 heteroatoms. The number of hydrogen-bond donors (Lipinski definition) is 0. The Labute approximate surface area is 131 Å². The van der Waals surface area contributed by atoms with Crippen LogP contribution in [0.2, 0.25) is 0 Å². The zero-order valence-electron chi connectivity index (χ0n) is 13.2. The minimum absolute atomic E-state index is 0.293. The van der Waals surface area contributed by atoms with Crippen molar-refractivity contribution in [3.05, 3.63) is 60.3 Å². The Morgan fingerprint density at radius 2 is 1.77 bits per heavy atom. The molecule has 114 valence electrons. The third kappa shape index (κ3) is 2.43. The molecule has 3 rings (SSSR count). The summed E-state index contributed by atoms with van der Waals surface area (Å²) in [6, 6.07) is 17.0. The van der Waals surface area contributed by atoms with Crippen LogP contribution < -0.4 is 9.47 Å². The highest BCUT2D eigenvalue weighted by atomic mass is 16.5. The molecule has 3 aromatic rings. The third-order valence-electron chi connectivity index (χ3n) is 4.11. The molecule has 0 N–H and O–H groups in total. The molecular formula is C19H21NO2. The van der Waals surface area contributed by atoms with Crippen LogP contribution in [0.4, 0.5) is 0 Å². The Kier molecular flexibility index (Phi) is 4.05. The van der Waals surface area contributed by atoms with Crippen molar-refractivity contribution in [2.24, 2.45) is 0 Å². The summed E-state index contributed by atoms with van der Waals surface area (Å²) in [5.41, 5.74) is 2.42. The third-order valence-corrected chi connectivity index (χ3v) is 4.11. The van der Waals surface area contributed by atoms with Crippen molar-refractivity contribution in [2.45, 2.75) is 19.4 Å². The van der Waals surface area contributed by atoms with Crippen LogP contribution in [-0.2, 0) is 0 Å². The van der Waals surface area contributed by atoms with E-state index in [4.69, 9.17) is 9.47 Å².